The minimum absolute atomic E-state index is 0.0219. The molecule has 0 unspecified atom stereocenters. The van der Waals surface area contributed by atoms with Crippen molar-refractivity contribution in [2.45, 2.75) is 19.8 Å². The van der Waals surface area contributed by atoms with Gasteiger partial charge in [-0.3, -0.25) is 14.4 Å². The maximum absolute atomic E-state index is 12.3. The number of hydrogen-bond acceptors (Lipinski definition) is 6. The van der Waals surface area contributed by atoms with Crippen molar-refractivity contribution in [1.82, 2.24) is 0 Å². The lowest BCUT2D eigenvalue weighted by Gasteiger charge is -2.18. The van der Waals surface area contributed by atoms with Gasteiger partial charge in [0, 0.05) is 22.1 Å². The van der Waals surface area contributed by atoms with E-state index in [9.17, 15) is 14.4 Å². The molecule has 0 atom stereocenters. The molecule has 29 heavy (non-hydrogen) atoms. The molecule has 1 N–H and O–H groups in total. The van der Waals surface area contributed by atoms with Crippen molar-refractivity contribution in [3.05, 3.63) is 52.0 Å². The van der Waals surface area contributed by atoms with Crippen molar-refractivity contribution >= 4 is 39.3 Å². The number of carbonyl (C=O) groups excluding carboxylic acids is 3. The highest BCUT2D eigenvalue weighted by Gasteiger charge is 2.16. The number of hydrogen-bond donors (Lipinski definition) is 1. The Morgan fingerprint density at radius 2 is 1.79 bits per heavy atom. The number of amides is 1. The molecule has 1 amide bonds. The molecule has 3 rings (SSSR count). The van der Waals surface area contributed by atoms with E-state index in [0.717, 1.165) is 10.0 Å². The second-order valence-electron chi connectivity index (χ2n) is 6.45. The van der Waals surface area contributed by atoms with Crippen molar-refractivity contribution < 1.29 is 28.6 Å². The van der Waals surface area contributed by atoms with Gasteiger partial charge >= 0.3 is 5.97 Å². The van der Waals surface area contributed by atoms with E-state index < -0.39 is 18.5 Å². The number of carbonyl (C=O) groups is 3. The van der Waals surface area contributed by atoms with Gasteiger partial charge in [-0.1, -0.05) is 15.9 Å². The number of fused-ring (bicyclic) bond motifs is 1. The lowest BCUT2D eigenvalue weighted by Crippen LogP contribution is -2.21. The van der Waals surface area contributed by atoms with Crippen molar-refractivity contribution in [2.75, 3.05) is 25.1 Å². The Balaban J connectivity index is 1.43. The maximum atomic E-state index is 12.3. The minimum atomic E-state index is -0.612. The second-order valence-corrected chi connectivity index (χ2v) is 7.37. The Bertz CT molecular complexity index is 943. The number of Topliss-reactive ketones (excluding diaryl/α,β-unsaturated/α-hetero) is 1. The van der Waals surface area contributed by atoms with Crippen LogP contribution < -0.4 is 14.8 Å². The first kappa shape index (κ1) is 20.9. The summed E-state index contributed by atoms with van der Waals surface area (Å²) < 4.78 is 16.7. The van der Waals surface area contributed by atoms with Gasteiger partial charge in [-0.15, -0.1) is 0 Å². The molecular formula is C21H20BrNO6. The number of halogens is 1. The van der Waals surface area contributed by atoms with Crippen LogP contribution in [0.1, 0.15) is 28.8 Å². The molecule has 1 aliphatic rings. The number of anilines is 1. The average molecular weight is 462 g/mol. The van der Waals surface area contributed by atoms with E-state index >= 15 is 0 Å². The second kappa shape index (κ2) is 9.56. The zero-order chi connectivity index (χ0) is 20.8. The Kier molecular flexibility index (Phi) is 6.87. The van der Waals surface area contributed by atoms with Crippen LogP contribution in [0, 0.1) is 6.92 Å². The lowest BCUT2D eigenvalue weighted by atomic mass is 10.1. The first-order valence-electron chi connectivity index (χ1n) is 9.07. The van der Waals surface area contributed by atoms with Crippen molar-refractivity contribution in [1.29, 1.82) is 0 Å². The number of ether oxygens (including phenoxy) is 3. The van der Waals surface area contributed by atoms with Gasteiger partial charge < -0.3 is 19.5 Å². The van der Waals surface area contributed by atoms with Crippen LogP contribution in [0.4, 0.5) is 5.69 Å². The fourth-order valence-corrected chi connectivity index (χ4v) is 3.22. The standard InChI is InChI=1S/C21H20BrNO6/c1-13-10-15(22)3-4-16(13)23-20(25)12-29-21(26)7-5-17(24)14-2-6-18-19(11-14)28-9-8-27-18/h2-4,6,10-11H,5,7-9,12H2,1H3,(H,23,25). The molecule has 1 aliphatic heterocycles. The molecule has 0 bridgehead atoms. The van der Waals surface area contributed by atoms with Crippen LogP contribution in [0.15, 0.2) is 40.9 Å². The number of nitrogens with one attached hydrogen (secondary N) is 1. The molecule has 152 valence electrons. The van der Waals surface area contributed by atoms with E-state index in [2.05, 4.69) is 21.2 Å². The van der Waals surface area contributed by atoms with Gasteiger partial charge in [-0.25, -0.2) is 0 Å². The first-order valence-corrected chi connectivity index (χ1v) is 9.86. The van der Waals surface area contributed by atoms with Gasteiger partial charge in [0.1, 0.15) is 13.2 Å². The SMILES string of the molecule is Cc1cc(Br)ccc1NC(=O)COC(=O)CCC(=O)c1ccc2c(c1)OCCO2. The Labute approximate surface area is 176 Å². The van der Waals surface area contributed by atoms with Crippen LogP contribution in [-0.4, -0.2) is 37.5 Å². The van der Waals surface area contributed by atoms with Crippen molar-refractivity contribution in [3.8, 4) is 11.5 Å². The van der Waals surface area contributed by atoms with Crippen molar-refractivity contribution in [3.63, 3.8) is 0 Å². The van der Waals surface area contributed by atoms with E-state index in [4.69, 9.17) is 14.2 Å². The van der Waals surface area contributed by atoms with E-state index in [-0.39, 0.29) is 18.6 Å². The molecule has 0 fully saturated rings. The molecule has 0 saturated carbocycles. The van der Waals surface area contributed by atoms with Gasteiger partial charge in [0.15, 0.2) is 23.9 Å². The average Bonchev–Trinajstić information content (AvgIpc) is 2.72. The molecule has 2 aromatic carbocycles. The highest BCUT2D eigenvalue weighted by molar-refractivity contribution is 9.10. The topological polar surface area (TPSA) is 90.9 Å². The number of aryl methyl sites for hydroxylation is 1. The number of rotatable bonds is 7. The number of esters is 1. The highest BCUT2D eigenvalue weighted by Crippen LogP contribution is 2.31. The van der Waals surface area contributed by atoms with E-state index in [1.165, 1.54) is 0 Å². The zero-order valence-corrected chi connectivity index (χ0v) is 17.4. The Morgan fingerprint density at radius 1 is 1.03 bits per heavy atom. The lowest BCUT2D eigenvalue weighted by molar-refractivity contribution is -0.147. The molecular weight excluding hydrogens is 442 g/mol. The van der Waals surface area contributed by atoms with Crippen LogP contribution in [0.2, 0.25) is 0 Å². The molecule has 2 aromatic rings. The van der Waals surface area contributed by atoms with E-state index in [0.29, 0.717) is 36.0 Å². The Hall–Kier alpha value is -2.87. The zero-order valence-electron chi connectivity index (χ0n) is 15.8. The third kappa shape index (κ3) is 5.80. The van der Waals surface area contributed by atoms with Gasteiger partial charge in [0.25, 0.3) is 5.91 Å². The summed E-state index contributed by atoms with van der Waals surface area (Å²) in [7, 11) is 0. The highest BCUT2D eigenvalue weighted by atomic mass is 79.9. The summed E-state index contributed by atoms with van der Waals surface area (Å²) >= 11 is 3.35. The summed E-state index contributed by atoms with van der Waals surface area (Å²) in [4.78, 5) is 36.1. The maximum Gasteiger partial charge on any atom is 0.306 e. The fourth-order valence-electron chi connectivity index (χ4n) is 2.75. The third-order valence-corrected chi connectivity index (χ3v) is 4.74. The van der Waals surface area contributed by atoms with Crippen LogP contribution in [0.25, 0.3) is 0 Å². The number of ketones is 1. The summed E-state index contributed by atoms with van der Waals surface area (Å²) in [5.74, 6) is -0.154. The van der Waals surface area contributed by atoms with Crippen LogP contribution in [-0.2, 0) is 14.3 Å². The summed E-state index contributed by atoms with van der Waals surface area (Å²) in [6.07, 6.45) is -0.135. The van der Waals surface area contributed by atoms with E-state index in [1.807, 2.05) is 13.0 Å². The quantitative estimate of drug-likeness (QED) is 0.499. The van der Waals surface area contributed by atoms with Gasteiger partial charge in [-0.2, -0.15) is 0 Å². The van der Waals surface area contributed by atoms with Gasteiger partial charge in [-0.05, 0) is 48.9 Å². The van der Waals surface area contributed by atoms with Crippen LogP contribution in [0.5, 0.6) is 11.5 Å². The number of benzene rings is 2. The minimum Gasteiger partial charge on any atom is -0.486 e. The molecule has 8 heteroatoms. The molecule has 0 aliphatic carbocycles. The molecule has 0 aromatic heterocycles. The van der Waals surface area contributed by atoms with Gasteiger partial charge in [0.05, 0.1) is 6.42 Å². The Morgan fingerprint density at radius 3 is 2.55 bits per heavy atom. The van der Waals surface area contributed by atoms with Crippen molar-refractivity contribution in [2.24, 2.45) is 0 Å². The molecule has 0 radical (unpaired) electrons. The summed E-state index contributed by atoms with van der Waals surface area (Å²) in [5, 5.41) is 2.68. The summed E-state index contributed by atoms with van der Waals surface area (Å²) in [6.45, 7) is 2.35. The van der Waals surface area contributed by atoms with Crippen LogP contribution >= 0.6 is 15.9 Å². The molecule has 7 nitrogen and oxygen atoms in total. The van der Waals surface area contributed by atoms with E-state index in [1.54, 1.807) is 30.3 Å². The predicted octanol–water partition coefficient (Wildman–Crippen LogP) is 3.67. The third-order valence-electron chi connectivity index (χ3n) is 4.25. The summed E-state index contributed by atoms with van der Waals surface area (Å²) in [6, 6.07) is 10.3. The molecule has 0 spiro atoms. The molecule has 1 heterocycles. The smallest absolute Gasteiger partial charge is 0.306 e. The normalized spacial score (nSPS) is 12.2. The van der Waals surface area contributed by atoms with Gasteiger partial charge in [0.2, 0.25) is 0 Å². The molecule has 0 saturated heterocycles. The first-order chi connectivity index (χ1) is 13.9. The summed E-state index contributed by atoms with van der Waals surface area (Å²) in [5.41, 5.74) is 1.96. The van der Waals surface area contributed by atoms with Crippen LogP contribution in [0.3, 0.4) is 0 Å². The monoisotopic (exact) mass is 461 g/mol. The predicted molar refractivity (Wildman–Crippen MR) is 109 cm³/mol. The largest absolute Gasteiger partial charge is 0.486 e. The fraction of sp³-hybridized carbons (Fsp3) is 0.286.